The number of halogens is 1. The maximum Gasteiger partial charge on any atom is 0.261 e. The standard InChI is InChI=1S/C24H28FN5O3/c1-4-29-12-24(2,3)33-21-18(22(29)32)19(13-7-8-17(26)16(25)9-13)27-23(28-21)30-10-14-5-6-15(11-30)20(14)31/h7-9,14-15H,4-6,10-12,26H2,1-3H3. The van der Waals surface area contributed by atoms with Crippen molar-refractivity contribution in [2.75, 3.05) is 36.8 Å². The lowest BCUT2D eigenvalue weighted by molar-refractivity contribution is -0.124. The molecule has 1 aliphatic carbocycles. The number of piperidine rings is 1. The largest absolute Gasteiger partial charge is 0.469 e. The van der Waals surface area contributed by atoms with Crippen molar-refractivity contribution in [3.63, 3.8) is 0 Å². The molecule has 1 aromatic heterocycles. The first kappa shape index (κ1) is 21.6. The van der Waals surface area contributed by atoms with Crippen LogP contribution in [0.2, 0.25) is 0 Å². The van der Waals surface area contributed by atoms with Crippen molar-refractivity contribution >= 4 is 23.3 Å². The zero-order chi connectivity index (χ0) is 23.5. The summed E-state index contributed by atoms with van der Waals surface area (Å²) in [6.07, 6.45) is 1.74. The fraction of sp³-hybridized carbons (Fsp3) is 0.500. The third-order valence-corrected chi connectivity index (χ3v) is 6.80. The van der Waals surface area contributed by atoms with Gasteiger partial charge in [0, 0.05) is 37.0 Å². The number of Topliss-reactive ketones (excluding diaryl/α,β-unsaturated/α-hetero) is 1. The van der Waals surface area contributed by atoms with Crippen LogP contribution in [0.1, 0.15) is 44.0 Å². The molecule has 2 atom stereocenters. The Morgan fingerprint density at radius 1 is 1.18 bits per heavy atom. The third-order valence-electron chi connectivity index (χ3n) is 6.80. The van der Waals surface area contributed by atoms with Crippen LogP contribution < -0.4 is 15.4 Å². The topological polar surface area (TPSA) is 102 Å². The number of ketones is 1. The zero-order valence-electron chi connectivity index (χ0n) is 19.1. The molecule has 2 N–H and O–H groups in total. The van der Waals surface area contributed by atoms with Crippen LogP contribution in [0.3, 0.4) is 0 Å². The van der Waals surface area contributed by atoms with Crippen molar-refractivity contribution in [1.82, 2.24) is 14.9 Å². The van der Waals surface area contributed by atoms with Crippen molar-refractivity contribution < 1.29 is 18.7 Å². The van der Waals surface area contributed by atoms with Gasteiger partial charge in [0.05, 0.1) is 17.9 Å². The van der Waals surface area contributed by atoms with Gasteiger partial charge in [-0.1, -0.05) is 6.07 Å². The van der Waals surface area contributed by atoms with Gasteiger partial charge in [0.25, 0.3) is 5.91 Å². The summed E-state index contributed by atoms with van der Waals surface area (Å²) in [4.78, 5) is 39.0. The van der Waals surface area contributed by atoms with Gasteiger partial charge in [0.1, 0.15) is 22.8 Å². The zero-order valence-corrected chi connectivity index (χ0v) is 19.1. The molecular weight excluding hydrogens is 425 g/mol. The average molecular weight is 454 g/mol. The normalized spacial score (nSPS) is 23.9. The first-order valence-corrected chi connectivity index (χ1v) is 11.4. The predicted octanol–water partition coefficient (Wildman–Crippen LogP) is 2.91. The SMILES string of the molecule is CCN1CC(C)(C)Oc2nc(N3CC4CCC(C3)C4=O)nc(-c3ccc(N)c(F)c3)c2C1=O. The number of hydrogen-bond donors (Lipinski definition) is 1. The van der Waals surface area contributed by atoms with Gasteiger partial charge in [-0.15, -0.1) is 0 Å². The number of fused-ring (bicyclic) bond motifs is 3. The van der Waals surface area contributed by atoms with Crippen LogP contribution in [0.15, 0.2) is 18.2 Å². The highest BCUT2D eigenvalue weighted by Gasteiger charge is 2.43. The molecule has 1 saturated carbocycles. The number of carbonyl (C=O) groups excluding carboxylic acids is 2. The summed E-state index contributed by atoms with van der Waals surface area (Å²) in [5.74, 6) is -0.0194. The number of rotatable bonds is 3. The van der Waals surface area contributed by atoms with Crippen LogP contribution >= 0.6 is 0 Å². The first-order valence-electron chi connectivity index (χ1n) is 11.4. The molecule has 0 radical (unpaired) electrons. The van der Waals surface area contributed by atoms with Crippen LogP contribution in [0, 0.1) is 17.7 Å². The molecule has 174 valence electrons. The van der Waals surface area contributed by atoms with Crippen molar-refractivity contribution in [3.05, 3.63) is 29.6 Å². The smallest absolute Gasteiger partial charge is 0.261 e. The lowest BCUT2D eigenvalue weighted by Gasteiger charge is -2.32. The Bertz CT molecular complexity index is 1140. The number of nitrogens with zero attached hydrogens (tertiary/aromatic N) is 4. The number of hydrogen-bond acceptors (Lipinski definition) is 7. The monoisotopic (exact) mass is 453 g/mol. The Morgan fingerprint density at radius 3 is 2.52 bits per heavy atom. The molecule has 3 aliphatic rings. The van der Waals surface area contributed by atoms with E-state index in [0.29, 0.717) is 49.2 Å². The number of nitrogen functional groups attached to an aromatic ring is 1. The van der Waals surface area contributed by atoms with E-state index < -0.39 is 11.4 Å². The highest BCUT2D eigenvalue weighted by Crippen LogP contribution is 2.39. The highest BCUT2D eigenvalue weighted by atomic mass is 19.1. The Hall–Kier alpha value is -3.23. The molecule has 1 saturated heterocycles. The quantitative estimate of drug-likeness (QED) is 0.713. The van der Waals surface area contributed by atoms with Gasteiger partial charge in [0.15, 0.2) is 0 Å². The number of carbonyl (C=O) groups is 2. The number of ether oxygens (including phenoxy) is 1. The summed E-state index contributed by atoms with van der Waals surface area (Å²) in [6.45, 7) is 7.64. The molecule has 9 heteroatoms. The molecule has 3 heterocycles. The van der Waals surface area contributed by atoms with Crippen LogP contribution in [0.5, 0.6) is 5.88 Å². The molecule has 0 spiro atoms. The minimum Gasteiger partial charge on any atom is -0.469 e. The van der Waals surface area contributed by atoms with Crippen LogP contribution in [0.25, 0.3) is 11.3 Å². The van der Waals surface area contributed by atoms with Crippen LogP contribution in [-0.2, 0) is 4.79 Å². The number of likely N-dealkylation sites (N-methyl/N-ethyl adjacent to an activating group) is 1. The summed E-state index contributed by atoms with van der Waals surface area (Å²) in [5.41, 5.74) is 5.97. The van der Waals surface area contributed by atoms with Crippen molar-refractivity contribution in [3.8, 4) is 17.1 Å². The maximum atomic E-state index is 14.4. The molecule has 33 heavy (non-hydrogen) atoms. The third kappa shape index (κ3) is 3.69. The average Bonchev–Trinajstić information content (AvgIpc) is 2.94. The molecule has 1 aromatic carbocycles. The second-order valence-corrected chi connectivity index (χ2v) is 9.75. The van der Waals surface area contributed by atoms with E-state index in [1.807, 2.05) is 25.7 Å². The lowest BCUT2D eigenvalue weighted by Crippen LogP contribution is -2.43. The van der Waals surface area contributed by atoms with E-state index in [-0.39, 0.29) is 34.9 Å². The summed E-state index contributed by atoms with van der Waals surface area (Å²) in [6, 6.07) is 4.39. The molecule has 2 aromatic rings. The molecule has 2 bridgehead atoms. The Labute approximate surface area is 191 Å². The minimum atomic E-state index is -0.678. The molecular formula is C24H28FN5O3. The fourth-order valence-corrected chi connectivity index (χ4v) is 5.11. The second-order valence-electron chi connectivity index (χ2n) is 9.75. The minimum absolute atomic E-state index is 0.0177. The molecule has 8 nitrogen and oxygen atoms in total. The second kappa shape index (κ2) is 7.67. The molecule has 2 fully saturated rings. The summed E-state index contributed by atoms with van der Waals surface area (Å²) in [5, 5.41) is 0. The number of nitrogens with two attached hydrogens (primary N) is 1. The van der Waals surface area contributed by atoms with Crippen LogP contribution in [-0.4, -0.2) is 58.3 Å². The van der Waals surface area contributed by atoms with E-state index in [4.69, 9.17) is 15.5 Å². The molecule has 5 rings (SSSR count). The maximum absolute atomic E-state index is 14.4. The van der Waals surface area contributed by atoms with E-state index in [0.717, 1.165) is 12.8 Å². The van der Waals surface area contributed by atoms with Gasteiger partial charge in [-0.25, -0.2) is 9.37 Å². The van der Waals surface area contributed by atoms with E-state index in [2.05, 4.69) is 4.98 Å². The van der Waals surface area contributed by atoms with Crippen LogP contribution in [0.4, 0.5) is 16.0 Å². The van der Waals surface area contributed by atoms with E-state index in [1.54, 1.807) is 11.0 Å². The summed E-state index contributed by atoms with van der Waals surface area (Å²) < 4.78 is 20.7. The number of amides is 1. The Balaban J connectivity index is 1.69. The van der Waals surface area contributed by atoms with E-state index >= 15 is 0 Å². The van der Waals surface area contributed by atoms with Gasteiger partial charge >= 0.3 is 0 Å². The van der Waals surface area contributed by atoms with Crippen molar-refractivity contribution in [1.29, 1.82) is 0 Å². The van der Waals surface area contributed by atoms with Crippen molar-refractivity contribution in [2.24, 2.45) is 11.8 Å². The van der Waals surface area contributed by atoms with Gasteiger partial charge in [0.2, 0.25) is 11.8 Å². The van der Waals surface area contributed by atoms with E-state index in [1.165, 1.54) is 12.1 Å². The first-order chi connectivity index (χ1) is 15.7. The van der Waals surface area contributed by atoms with Crippen molar-refractivity contribution in [2.45, 2.75) is 39.2 Å². The Morgan fingerprint density at radius 2 is 1.88 bits per heavy atom. The molecule has 2 aliphatic heterocycles. The Kier molecular flexibility index (Phi) is 5.02. The molecule has 1 amide bonds. The number of aromatic nitrogens is 2. The highest BCUT2D eigenvalue weighted by molar-refractivity contribution is 6.02. The summed E-state index contributed by atoms with van der Waals surface area (Å²) >= 11 is 0. The molecule has 2 unspecified atom stereocenters. The number of anilines is 2. The van der Waals surface area contributed by atoms with Gasteiger partial charge in [-0.2, -0.15) is 4.98 Å². The number of benzene rings is 1. The summed E-state index contributed by atoms with van der Waals surface area (Å²) in [7, 11) is 0. The van der Waals surface area contributed by atoms with Gasteiger partial charge < -0.3 is 20.3 Å². The fourth-order valence-electron chi connectivity index (χ4n) is 5.11. The van der Waals surface area contributed by atoms with Gasteiger partial charge in [-0.05, 0) is 45.7 Å². The lowest BCUT2D eigenvalue weighted by atomic mass is 9.97. The van der Waals surface area contributed by atoms with E-state index in [9.17, 15) is 14.0 Å². The predicted molar refractivity (Wildman–Crippen MR) is 122 cm³/mol. The van der Waals surface area contributed by atoms with Gasteiger partial charge in [-0.3, -0.25) is 9.59 Å².